The maximum absolute atomic E-state index is 12.9. The van der Waals surface area contributed by atoms with Gasteiger partial charge in [-0.15, -0.1) is 0 Å². The van der Waals surface area contributed by atoms with Crippen LogP contribution in [-0.2, 0) is 0 Å². The third-order valence-corrected chi connectivity index (χ3v) is 1.94. The van der Waals surface area contributed by atoms with Gasteiger partial charge in [-0.05, 0) is 6.07 Å². The molecular weight excluding hydrogens is 192 g/mol. The average molecular weight is 203 g/mol. The molecule has 14 heavy (non-hydrogen) atoms. The minimum Gasteiger partial charge on any atom is -0.508 e. The summed E-state index contributed by atoms with van der Waals surface area (Å²) in [5.41, 5.74) is 5.14. The van der Waals surface area contributed by atoms with Crippen LogP contribution < -0.4 is 5.73 Å². The third-order valence-electron chi connectivity index (χ3n) is 1.94. The standard InChI is InChI=1S/C9H11F2NO2/c10-9(11,5-13)8(12)6-3-1-2-4-7(6)14/h1-4,8,13-14H,5,12H2/t8-/m1/s1. The average Bonchev–Trinajstić information content (AvgIpc) is 2.17. The Balaban J connectivity index is 3.00. The van der Waals surface area contributed by atoms with Crippen LogP contribution in [0.25, 0.3) is 0 Å². The lowest BCUT2D eigenvalue weighted by atomic mass is 10.0. The number of alkyl halides is 2. The van der Waals surface area contributed by atoms with Crippen molar-refractivity contribution in [2.75, 3.05) is 6.61 Å². The number of hydrogen-bond donors (Lipinski definition) is 3. The van der Waals surface area contributed by atoms with Crippen molar-refractivity contribution in [2.45, 2.75) is 12.0 Å². The van der Waals surface area contributed by atoms with Gasteiger partial charge < -0.3 is 15.9 Å². The van der Waals surface area contributed by atoms with Crippen molar-refractivity contribution >= 4 is 0 Å². The van der Waals surface area contributed by atoms with Crippen molar-refractivity contribution < 1.29 is 19.0 Å². The minimum absolute atomic E-state index is 0.0773. The smallest absolute Gasteiger partial charge is 0.289 e. The normalized spacial score (nSPS) is 14.0. The Morgan fingerprint density at radius 1 is 1.36 bits per heavy atom. The fourth-order valence-electron chi connectivity index (χ4n) is 1.08. The summed E-state index contributed by atoms with van der Waals surface area (Å²) in [4.78, 5) is 0. The molecule has 0 aliphatic rings. The lowest BCUT2D eigenvalue weighted by Gasteiger charge is -2.22. The van der Waals surface area contributed by atoms with E-state index in [0.29, 0.717) is 0 Å². The summed E-state index contributed by atoms with van der Waals surface area (Å²) in [6, 6.07) is 3.85. The number of para-hydroxylation sites is 1. The lowest BCUT2D eigenvalue weighted by molar-refractivity contribution is -0.0715. The predicted octanol–water partition coefficient (Wildman–Crippen LogP) is 1.02. The van der Waals surface area contributed by atoms with Crippen LogP contribution in [0.3, 0.4) is 0 Å². The second-order valence-corrected chi connectivity index (χ2v) is 2.96. The lowest BCUT2D eigenvalue weighted by Crippen LogP contribution is -2.36. The second kappa shape index (κ2) is 3.89. The molecule has 1 rings (SSSR count). The predicted molar refractivity (Wildman–Crippen MR) is 47.1 cm³/mol. The van der Waals surface area contributed by atoms with Crippen LogP contribution in [-0.4, -0.2) is 22.7 Å². The van der Waals surface area contributed by atoms with E-state index in [0.717, 1.165) is 0 Å². The number of aromatic hydroxyl groups is 1. The van der Waals surface area contributed by atoms with Crippen LogP contribution in [0.5, 0.6) is 5.75 Å². The van der Waals surface area contributed by atoms with Gasteiger partial charge in [0.15, 0.2) is 0 Å². The first-order valence-electron chi connectivity index (χ1n) is 4.01. The van der Waals surface area contributed by atoms with Crippen LogP contribution in [0.1, 0.15) is 11.6 Å². The Hall–Kier alpha value is -1.20. The van der Waals surface area contributed by atoms with E-state index < -0.39 is 18.6 Å². The first kappa shape index (κ1) is 10.9. The van der Waals surface area contributed by atoms with Gasteiger partial charge in [-0.25, -0.2) is 8.78 Å². The Labute approximate surface area is 79.8 Å². The first-order chi connectivity index (χ1) is 6.49. The highest BCUT2D eigenvalue weighted by atomic mass is 19.3. The van der Waals surface area contributed by atoms with Crippen molar-refractivity contribution in [3.8, 4) is 5.75 Å². The molecule has 1 aromatic carbocycles. The highest BCUT2D eigenvalue weighted by Gasteiger charge is 2.38. The Kier molecular flexibility index (Phi) is 3.03. The van der Waals surface area contributed by atoms with Gasteiger partial charge in [0.25, 0.3) is 5.92 Å². The number of phenolic OH excluding ortho intramolecular Hbond substituents is 1. The third kappa shape index (κ3) is 2.00. The molecule has 0 bridgehead atoms. The van der Waals surface area contributed by atoms with Crippen LogP contribution in [0.4, 0.5) is 8.78 Å². The van der Waals surface area contributed by atoms with Gasteiger partial charge >= 0.3 is 0 Å². The fourth-order valence-corrected chi connectivity index (χ4v) is 1.08. The van der Waals surface area contributed by atoms with E-state index in [4.69, 9.17) is 10.8 Å². The molecule has 0 saturated heterocycles. The minimum atomic E-state index is -3.43. The molecule has 0 aliphatic heterocycles. The molecule has 5 heteroatoms. The maximum atomic E-state index is 12.9. The molecule has 78 valence electrons. The zero-order valence-corrected chi connectivity index (χ0v) is 7.32. The summed E-state index contributed by atoms with van der Waals surface area (Å²) in [7, 11) is 0. The van der Waals surface area contributed by atoms with E-state index in [9.17, 15) is 13.9 Å². The molecule has 3 nitrogen and oxygen atoms in total. The van der Waals surface area contributed by atoms with Crippen molar-refractivity contribution in [1.29, 1.82) is 0 Å². The highest BCUT2D eigenvalue weighted by molar-refractivity contribution is 5.35. The SMILES string of the molecule is N[C@H](c1ccccc1O)C(F)(F)CO. The van der Waals surface area contributed by atoms with Crippen LogP contribution >= 0.6 is 0 Å². The Morgan fingerprint density at radius 2 is 1.93 bits per heavy atom. The number of hydrogen-bond acceptors (Lipinski definition) is 3. The fraction of sp³-hybridized carbons (Fsp3) is 0.333. The summed E-state index contributed by atoms with van der Waals surface area (Å²) in [6.07, 6.45) is 0. The molecule has 0 unspecified atom stereocenters. The molecule has 0 radical (unpaired) electrons. The summed E-state index contributed by atoms with van der Waals surface area (Å²) < 4.78 is 25.9. The number of benzene rings is 1. The van der Waals surface area contributed by atoms with Crippen molar-refractivity contribution in [2.24, 2.45) is 5.73 Å². The molecule has 1 aromatic rings. The van der Waals surface area contributed by atoms with Gasteiger partial charge in [0.1, 0.15) is 18.4 Å². The Bertz CT molecular complexity index is 317. The molecule has 0 spiro atoms. The number of nitrogens with two attached hydrogens (primary N) is 1. The molecular formula is C9H11F2NO2. The summed E-state index contributed by atoms with van der Waals surface area (Å²) >= 11 is 0. The summed E-state index contributed by atoms with van der Waals surface area (Å²) in [5, 5.41) is 17.6. The van der Waals surface area contributed by atoms with E-state index in [1.165, 1.54) is 24.3 Å². The van der Waals surface area contributed by atoms with E-state index >= 15 is 0 Å². The molecule has 0 fully saturated rings. The quantitative estimate of drug-likeness (QED) is 0.687. The van der Waals surface area contributed by atoms with Crippen molar-refractivity contribution in [3.63, 3.8) is 0 Å². The van der Waals surface area contributed by atoms with Crippen LogP contribution in [0.15, 0.2) is 24.3 Å². The summed E-state index contributed by atoms with van der Waals surface area (Å²) in [5.74, 6) is -3.73. The highest BCUT2D eigenvalue weighted by Crippen LogP contribution is 2.33. The van der Waals surface area contributed by atoms with E-state index in [1.807, 2.05) is 0 Å². The molecule has 0 heterocycles. The van der Waals surface area contributed by atoms with Gasteiger partial charge in [-0.2, -0.15) is 0 Å². The van der Waals surface area contributed by atoms with E-state index in [1.54, 1.807) is 0 Å². The zero-order chi connectivity index (χ0) is 10.8. The van der Waals surface area contributed by atoms with Gasteiger partial charge in [0.2, 0.25) is 0 Å². The van der Waals surface area contributed by atoms with Crippen LogP contribution in [0, 0.1) is 0 Å². The Morgan fingerprint density at radius 3 is 2.43 bits per heavy atom. The van der Waals surface area contributed by atoms with Gasteiger partial charge in [0.05, 0.1) is 0 Å². The van der Waals surface area contributed by atoms with Gasteiger partial charge in [-0.3, -0.25) is 0 Å². The van der Waals surface area contributed by atoms with Gasteiger partial charge in [0, 0.05) is 5.56 Å². The number of halogens is 2. The van der Waals surface area contributed by atoms with E-state index in [-0.39, 0.29) is 11.3 Å². The van der Waals surface area contributed by atoms with Crippen molar-refractivity contribution in [1.82, 2.24) is 0 Å². The number of aliphatic hydroxyl groups excluding tert-OH is 1. The molecule has 0 aliphatic carbocycles. The maximum Gasteiger partial charge on any atom is 0.289 e. The number of phenols is 1. The van der Waals surface area contributed by atoms with Gasteiger partial charge in [-0.1, -0.05) is 18.2 Å². The van der Waals surface area contributed by atoms with Crippen LogP contribution in [0.2, 0.25) is 0 Å². The van der Waals surface area contributed by atoms with E-state index in [2.05, 4.69) is 0 Å². The molecule has 1 atom stereocenters. The first-order valence-corrected chi connectivity index (χ1v) is 4.01. The monoisotopic (exact) mass is 203 g/mol. The largest absolute Gasteiger partial charge is 0.508 e. The molecule has 0 amide bonds. The molecule has 4 N–H and O–H groups in total. The topological polar surface area (TPSA) is 66.5 Å². The number of rotatable bonds is 3. The molecule has 0 saturated carbocycles. The molecule has 0 aromatic heterocycles. The summed E-state index contributed by atoms with van der Waals surface area (Å²) in [6.45, 7) is -1.34. The van der Waals surface area contributed by atoms with Crippen molar-refractivity contribution in [3.05, 3.63) is 29.8 Å². The zero-order valence-electron chi connectivity index (χ0n) is 7.32. The second-order valence-electron chi connectivity index (χ2n) is 2.96. The number of aliphatic hydroxyl groups is 1.